The average molecular weight is 238 g/mol. The summed E-state index contributed by atoms with van der Waals surface area (Å²) in [6.45, 7) is 0. The van der Waals surface area contributed by atoms with E-state index >= 15 is 0 Å². The molecule has 0 N–H and O–H groups in total. The lowest BCUT2D eigenvalue weighted by Crippen LogP contribution is -2.21. The van der Waals surface area contributed by atoms with Crippen LogP contribution in [-0.4, -0.2) is 5.66 Å². The van der Waals surface area contributed by atoms with E-state index in [1.54, 1.807) is 6.07 Å². The third kappa shape index (κ3) is 1.73. The van der Waals surface area contributed by atoms with Crippen LogP contribution in [0.4, 0.5) is 0 Å². The van der Waals surface area contributed by atoms with Gasteiger partial charge in [0.15, 0.2) is 0 Å². The van der Waals surface area contributed by atoms with E-state index < -0.39 is 7.60 Å². The lowest BCUT2D eigenvalue weighted by atomic mass is 10.0. The first-order valence-electron chi connectivity index (χ1n) is 5.85. The van der Waals surface area contributed by atoms with Gasteiger partial charge in [-0.15, -0.1) is 0 Å². The van der Waals surface area contributed by atoms with E-state index in [2.05, 4.69) is 0 Å². The molecule has 1 aliphatic carbocycles. The molecule has 2 aliphatic rings. The lowest BCUT2D eigenvalue weighted by Gasteiger charge is -2.32. The molecule has 3 rings (SSSR count). The van der Waals surface area contributed by atoms with E-state index in [1.807, 2.05) is 18.2 Å². The molecule has 1 saturated carbocycles. The van der Waals surface area contributed by atoms with Gasteiger partial charge in [0, 0.05) is 6.07 Å². The van der Waals surface area contributed by atoms with E-state index in [1.165, 1.54) is 6.42 Å². The molecule has 0 aromatic heterocycles. The summed E-state index contributed by atoms with van der Waals surface area (Å²) in [5.74, 6) is 1.36. The number of rotatable bonds is 1. The number of benzene rings is 1. The molecule has 1 aromatic rings. The third-order valence-corrected chi connectivity index (χ3v) is 5.63. The summed E-state index contributed by atoms with van der Waals surface area (Å²) in [6, 6.07) is 7.32. The maximum absolute atomic E-state index is 12.6. The Morgan fingerprint density at radius 1 is 1.06 bits per heavy atom. The van der Waals surface area contributed by atoms with E-state index in [0.29, 0.717) is 11.5 Å². The van der Waals surface area contributed by atoms with Gasteiger partial charge >= 0.3 is 7.60 Å². The number of fused-ring (bicyclic) bond motifs is 2. The van der Waals surface area contributed by atoms with Crippen molar-refractivity contribution in [2.45, 2.75) is 37.8 Å². The Labute approximate surface area is 95.3 Å². The fourth-order valence-electron chi connectivity index (χ4n) is 2.45. The van der Waals surface area contributed by atoms with E-state index in [9.17, 15) is 4.57 Å². The summed E-state index contributed by atoms with van der Waals surface area (Å²) in [6.07, 6.45) is 5.43. The van der Waals surface area contributed by atoms with Gasteiger partial charge in [0.1, 0.15) is 11.5 Å². The predicted octanol–water partition coefficient (Wildman–Crippen LogP) is 3.98. The molecule has 3 nitrogen and oxygen atoms in total. The van der Waals surface area contributed by atoms with Crippen molar-refractivity contribution in [1.82, 2.24) is 0 Å². The first-order valence-corrected chi connectivity index (χ1v) is 7.46. The smallest absolute Gasteiger partial charge is 0.416 e. The van der Waals surface area contributed by atoms with Gasteiger partial charge in [0.25, 0.3) is 0 Å². The average Bonchev–Trinajstić information content (AvgIpc) is 2.29. The molecule has 4 heteroatoms. The quantitative estimate of drug-likeness (QED) is 0.694. The Bertz CT molecular complexity index is 412. The van der Waals surface area contributed by atoms with Crippen molar-refractivity contribution < 1.29 is 13.6 Å². The maximum atomic E-state index is 12.6. The Kier molecular flexibility index (Phi) is 2.44. The molecule has 2 bridgehead atoms. The fraction of sp³-hybridized carbons (Fsp3) is 0.500. The molecular formula is C12H15O3P. The van der Waals surface area contributed by atoms with Crippen molar-refractivity contribution in [3.63, 3.8) is 0 Å². The second kappa shape index (κ2) is 3.81. The largest absolute Gasteiger partial charge is 0.433 e. The van der Waals surface area contributed by atoms with Crippen molar-refractivity contribution in [1.29, 1.82) is 0 Å². The van der Waals surface area contributed by atoms with Gasteiger partial charge in [-0.2, -0.15) is 0 Å². The summed E-state index contributed by atoms with van der Waals surface area (Å²) < 4.78 is 23.7. The molecule has 0 unspecified atom stereocenters. The van der Waals surface area contributed by atoms with Crippen molar-refractivity contribution in [3.05, 3.63) is 24.3 Å². The van der Waals surface area contributed by atoms with Crippen LogP contribution in [0.25, 0.3) is 0 Å². The Morgan fingerprint density at radius 3 is 2.31 bits per heavy atom. The van der Waals surface area contributed by atoms with E-state index in [4.69, 9.17) is 9.05 Å². The van der Waals surface area contributed by atoms with Crippen LogP contribution >= 0.6 is 7.60 Å². The van der Waals surface area contributed by atoms with Crippen molar-refractivity contribution in [3.8, 4) is 11.5 Å². The highest BCUT2D eigenvalue weighted by Gasteiger charge is 2.41. The summed E-state index contributed by atoms with van der Waals surface area (Å²) in [4.78, 5) is 0. The van der Waals surface area contributed by atoms with Crippen LogP contribution in [0.15, 0.2) is 24.3 Å². The van der Waals surface area contributed by atoms with Crippen LogP contribution in [0.1, 0.15) is 32.1 Å². The minimum Gasteiger partial charge on any atom is -0.416 e. The van der Waals surface area contributed by atoms with E-state index in [0.717, 1.165) is 25.7 Å². The summed E-state index contributed by atoms with van der Waals surface area (Å²) in [5, 5.41) is 0. The molecule has 1 aliphatic heterocycles. The van der Waals surface area contributed by atoms with Gasteiger partial charge in [0.2, 0.25) is 0 Å². The third-order valence-electron chi connectivity index (χ3n) is 3.29. The summed E-state index contributed by atoms with van der Waals surface area (Å²) in [5.41, 5.74) is 0.0832. The standard InChI is InChI=1S/C12H15O3P/c13-16(12-7-2-1-3-8-12)14-10-5-4-6-11(9-10)15-16/h4-6,9,12H,1-3,7-8H2. The maximum Gasteiger partial charge on any atom is 0.433 e. The monoisotopic (exact) mass is 238 g/mol. The highest BCUT2D eigenvalue weighted by Crippen LogP contribution is 2.59. The predicted molar refractivity (Wildman–Crippen MR) is 62.2 cm³/mol. The molecule has 0 radical (unpaired) electrons. The van der Waals surface area contributed by atoms with Crippen LogP contribution in [0.5, 0.6) is 11.5 Å². The van der Waals surface area contributed by atoms with Crippen molar-refractivity contribution in [2.24, 2.45) is 0 Å². The SMILES string of the molecule is O=P1(C2CCCCC2)Oc2cccc(c2)O1. The lowest BCUT2D eigenvalue weighted by molar-refractivity contribution is 0.338. The van der Waals surface area contributed by atoms with Gasteiger partial charge in [-0.3, -0.25) is 0 Å². The molecule has 1 aromatic carbocycles. The highest BCUT2D eigenvalue weighted by atomic mass is 31.2. The minimum atomic E-state index is -2.95. The van der Waals surface area contributed by atoms with Crippen molar-refractivity contribution in [2.75, 3.05) is 0 Å². The molecule has 0 saturated heterocycles. The van der Waals surface area contributed by atoms with Crippen LogP contribution in [0.3, 0.4) is 0 Å². The zero-order valence-electron chi connectivity index (χ0n) is 9.09. The molecule has 0 spiro atoms. The summed E-state index contributed by atoms with van der Waals surface area (Å²) in [7, 11) is -2.95. The van der Waals surface area contributed by atoms with Crippen molar-refractivity contribution >= 4 is 7.60 Å². The van der Waals surface area contributed by atoms with Gasteiger partial charge in [-0.25, -0.2) is 4.57 Å². The van der Waals surface area contributed by atoms with Gasteiger partial charge in [-0.1, -0.05) is 25.3 Å². The van der Waals surface area contributed by atoms with Crippen LogP contribution in [0, 0.1) is 0 Å². The molecule has 0 amide bonds. The first kappa shape index (κ1) is 10.2. The molecule has 1 fully saturated rings. The first-order chi connectivity index (χ1) is 7.76. The van der Waals surface area contributed by atoms with Crippen LogP contribution < -0.4 is 9.05 Å². The van der Waals surface area contributed by atoms with Crippen LogP contribution in [0.2, 0.25) is 0 Å². The zero-order valence-corrected chi connectivity index (χ0v) is 9.99. The van der Waals surface area contributed by atoms with Crippen LogP contribution in [-0.2, 0) is 4.57 Å². The second-order valence-corrected chi connectivity index (χ2v) is 6.66. The molecule has 0 atom stereocenters. The zero-order chi connectivity index (χ0) is 11.0. The second-order valence-electron chi connectivity index (χ2n) is 4.49. The number of hydrogen-bond acceptors (Lipinski definition) is 3. The summed E-state index contributed by atoms with van der Waals surface area (Å²) >= 11 is 0. The molecular weight excluding hydrogens is 223 g/mol. The fourth-order valence-corrected chi connectivity index (χ4v) is 4.59. The van der Waals surface area contributed by atoms with Gasteiger partial charge < -0.3 is 9.05 Å². The van der Waals surface area contributed by atoms with E-state index in [-0.39, 0.29) is 5.66 Å². The topological polar surface area (TPSA) is 35.5 Å². The highest BCUT2D eigenvalue weighted by molar-refractivity contribution is 7.55. The Balaban J connectivity index is 1.87. The molecule has 86 valence electrons. The normalized spacial score (nSPS) is 23.2. The Morgan fingerprint density at radius 2 is 1.69 bits per heavy atom. The van der Waals surface area contributed by atoms with Gasteiger partial charge in [0.05, 0.1) is 5.66 Å². The molecule has 16 heavy (non-hydrogen) atoms. The minimum absolute atomic E-state index is 0.0832. The van der Waals surface area contributed by atoms with Gasteiger partial charge in [-0.05, 0) is 25.0 Å². The Hall–Kier alpha value is -0.950. The number of hydrogen-bond donors (Lipinski definition) is 0. The molecule has 1 heterocycles.